The Labute approximate surface area is 430 Å². The largest absolute Gasteiger partial charge is 0.508 e. The standard InChI is InChI=1S/C49H65N13O13/c1-3-25(2)42-48(74)57-31(14-15-37(50)64)44(70)58-34(21-38(51)65)45(71)60-35(23-54-40(67)16-17-41(68)56-32(46(72)61-42)19-26-10-12-28(63)13-11-26)49(75)62-18-6-9-36(62)47(73)59-33(43(69)55-24-39(52)66)20-27-22-53-30-8-5-4-7-29(27)30/h4-5,7-8,10-13,22,25,31-36,42,53,63H,3,6,9,14-21,23-24H2,1-2H3,(H2,50,64)(H2,51,65)(H2,52,66)(H,54,67)(H,55,69)(H,56,68)(H,57,74)(H,58,70)(H,59,73)(H,60,71)(H,61,72)/t25-,31-,32-,33-,34-,35-,36-,42-/m0/s1. The van der Waals surface area contributed by atoms with Crippen LogP contribution < -0.4 is 59.7 Å². The van der Waals surface area contributed by atoms with E-state index in [2.05, 4.69) is 47.5 Å². The molecule has 0 bridgehead atoms. The predicted octanol–water partition coefficient (Wildman–Crippen LogP) is -3.74. The maximum atomic E-state index is 14.6. The van der Waals surface area contributed by atoms with Crippen molar-refractivity contribution in [3.05, 3.63) is 65.9 Å². The molecule has 2 fully saturated rings. The van der Waals surface area contributed by atoms with Crippen molar-refractivity contribution in [3.8, 4) is 5.75 Å². The lowest BCUT2D eigenvalue weighted by Gasteiger charge is -2.31. The number of aromatic hydroxyl groups is 1. The number of carbonyl (C=O) groups is 12. The fourth-order valence-corrected chi connectivity index (χ4v) is 8.60. The Balaban J connectivity index is 1.47. The zero-order valence-corrected chi connectivity index (χ0v) is 41.5. The Morgan fingerprint density at radius 3 is 2.12 bits per heavy atom. The summed E-state index contributed by atoms with van der Waals surface area (Å²) in [6.45, 7) is 2.08. The number of fused-ring (bicyclic) bond motifs is 1. The van der Waals surface area contributed by atoms with Crippen molar-refractivity contribution < 1.29 is 62.6 Å². The summed E-state index contributed by atoms with van der Waals surface area (Å²) in [6.07, 6.45) is -0.671. The highest BCUT2D eigenvalue weighted by Gasteiger charge is 2.41. The molecule has 2 saturated heterocycles. The Hall–Kier alpha value is -8.58. The summed E-state index contributed by atoms with van der Waals surface area (Å²) in [5.74, 6) is -11.6. The van der Waals surface area contributed by atoms with Crippen LogP contribution in [0.25, 0.3) is 10.9 Å². The molecule has 0 radical (unpaired) electrons. The number of primary amides is 3. The SMILES string of the molecule is CC[C@H](C)[C@@H]1NC(=O)[C@H](Cc2ccc(O)cc2)NC(=O)CCC(=O)NC[C@@H](C(=O)N2CCC[C@H]2C(=O)N[C@@H](Cc2c[nH]c3ccccc23)C(=O)NCC(N)=O)NC(=O)[C@H](CC(N)=O)NC(=O)[C@H](CCC(N)=O)NC1=O. The highest BCUT2D eigenvalue weighted by molar-refractivity contribution is 6.00. The van der Waals surface area contributed by atoms with E-state index in [-0.39, 0.29) is 38.0 Å². The van der Waals surface area contributed by atoms with Crippen molar-refractivity contribution in [2.45, 2.75) is 120 Å². The Kier molecular flexibility index (Phi) is 20.6. The molecular formula is C49H65N13O13. The lowest BCUT2D eigenvalue weighted by molar-refractivity contribution is -0.142. The number of hydrogen-bond donors (Lipinski definition) is 13. The quantitative estimate of drug-likeness (QED) is 0.0619. The van der Waals surface area contributed by atoms with Crippen molar-refractivity contribution in [3.63, 3.8) is 0 Å². The Morgan fingerprint density at radius 2 is 1.44 bits per heavy atom. The van der Waals surface area contributed by atoms with Crippen molar-refractivity contribution in [1.29, 1.82) is 0 Å². The first-order chi connectivity index (χ1) is 35.6. The van der Waals surface area contributed by atoms with E-state index >= 15 is 0 Å². The second-order valence-corrected chi connectivity index (χ2v) is 18.5. The van der Waals surface area contributed by atoms with E-state index in [1.807, 2.05) is 6.07 Å². The number of likely N-dealkylation sites (tertiary alicyclic amines) is 1. The Bertz CT molecular complexity index is 2640. The molecular weight excluding hydrogens is 979 g/mol. The van der Waals surface area contributed by atoms with Crippen LogP contribution in [0.2, 0.25) is 0 Å². The topological polar surface area (TPSA) is 418 Å². The molecule has 8 atom stereocenters. The highest BCUT2D eigenvalue weighted by atomic mass is 16.3. The number of phenols is 1. The van der Waals surface area contributed by atoms with E-state index in [0.29, 0.717) is 17.5 Å². The van der Waals surface area contributed by atoms with Gasteiger partial charge in [-0.2, -0.15) is 0 Å². The first-order valence-corrected chi connectivity index (χ1v) is 24.5. The molecule has 0 spiro atoms. The molecule has 404 valence electrons. The van der Waals surface area contributed by atoms with E-state index in [1.165, 1.54) is 24.3 Å². The number of phenolic OH excluding ortho intramolecular Hbond substituents is 1. The molecule has 0 saturated carbocycles. The molecule has 75 heavy (non-hydrogen) atoms. The lowest BCUT2D eigenvalue weighted by atomic mass is 9.96. The van der Waals surface area contributed by atoms with E-state index in [0.717, 1.165) is 15.8 Å². The van der Waals surface area contributed by atoms with Crippen LogP contribution in [0.3, 0.4) is 0 Å². The molecule has 5 rings (SSSR count). The van der Waals surface area contributed by atoms with E-state index in [9.17, 15) is 62.6 Å². The number of hydrogen-bond acceptors (Lipinski definition) is 13. The summed E-state index contributed by atoms with van der Waals surface area (Å²) < 4.78 is 0. The number of nitrogens with one attached hydrogen (secondary N) is 9. The zero-order valence-electron chi connectivity index (χ0n) is 41.5. The summed E-state index contributed by atoms with van der Waals surface area (Å²) in [6, 6.07) is 2.48. The van der Waals surface area contributed by atoms with Crippen LogP contribution in [0.15, 0.2) is 54.7 Å². The molecule has 26 nitrogen and oxygen atoms in total. The van der Waals surface area contributed by atoms with Gasteiger partial charge in [0.05, 0.1) is 13.0 Å². The normalized spacial score (nSPS) is 22.2. The molecule has 0 aliphatic carbocycles. The molecule has 2 aromatic carbocycles. The highest BCUT2D eigenvalue weighted by Crippen LogP contribution is 2.22. The van der Waals surface area contributed by atoms with E-state index < -0.39 is 164 Å². The second-order valence-electron chi connectivity index (χ2n) is 18.5. The van der Waals surface area contributed by atoms with E-state index in [4.69, 9.17) is 17.2 Å². The minimum Gasteiger partial charge on any atom is -0.508 e. The molecule has 1 aromatic heterocycles. The average Bonchev–Trinajstić information content (AvgIpc) is 4.03. The third kappa shape index (κ3) is 16.7. The van der Waals surface area contributed by atoms with Gasteiger partial charge in [0.1, 0.15) is 48.0 Å². The first-order valence-electron chi connectivity index (χ1n) is 24.5. The number of benzene rings is 2. The number of rotatable bonds is 17. The molecule has 0 unspecified atom stereocenters. The molecule has 3 aromatic rings. The molecule has 16 N–H and O–H groups in total. The van der Waals surface area contributed by atoms with Crippen LogP contribution in [0.1, 0.15) is 76.3 Å². The lowest BCUT2D eigenvalue weighted by Crippen LogP contribution is -2.62. The second kappa shape index (κ2) is 26.9. The minimum absolute atomic E-state index is 0.0579. The van der Waals surface area contributed by atoms with Crippen molar-refractivity contribution in [2.75, 3.05) is 19.6 Å². The molecule has 26 heteroatoms. The van der Waals surface area contributed by atoms with Gasteiger partial charge >= 0.3 is 0 Å². The number of carbonyl (C=O) groups excluding carboxylic acids is 12. The number of nitrogens with zero attached hydrogens (tertiary/aromatic N) is 1. The van der Waals surface area contributed by atoms with Crippen LogP contribution in [0.5, 0.6) is 5.75 Å². The van der Waals surface area contributed by atoms with Gasteiger partial charge in [0.2, 0.25) is 70.9 Å². The smallest absolute Gasteiger partial charge is 0.247 e. The van der Waals surface area contributed by atoms with Crippen LogP contribution >= 0.6 is 0 Å². The maximum Gasteiger partial charge on any atom is 0.247 e. The first kappa shape index (κ1) is 57.3. The summed E-state index contributed by atoms with van der Waals surface area (Å²) in [7, 11) is 0. The minimum atomic E-state index is -1.85. The summed E-state index contributed by atoms with van der Waals surface area (Å²) in [4.78, 5) is 166. The third-order valence-corrected chi connectivity index (χ3v) is 12.9. The van der Waals surface area contributed by atoms with Gasteiger partial charge in [-0.05, 0) is 54.5 Å². The predicted molar refractivity (Wildman–Crippen MR) is 266 cm³/mol. The average molecular weight is 1040 g/mol. The number of para-hydroxylation sites is 1. The van der Waals surface area contributed by atoms with Gasteiger partial charge in [-0.15, -0.1) is 0 Å². The maximum absolute atomic E-state index is 14.6. The van der Waals surface area contributed by atoms with Gasteiger partial charge in [0.25, 0.3) is 0 Å². The van der Waals surface area contributed by atoms with Gasteiger partial charge in [-0.3, -0.25) is 57.5 Å². The van der Waals surface area contributed by atoms with Crippen LogP contribution in [0, 0.1) is 5.92 Å². The number of nitrogens with two attached hydrogens (primary N) is 3. The summed E-state index contributed by atoms with van der Waals surface area (Å²) in [5.41, 5.74) is 18.1. The summed E-state index contributed by atoms with van der Waals surface area (Å²) >= 11 is 0. The number of aromatic amines is 1. The molecule has 2 aliphatic rings. The number of H-pyrrole nitrogens is 1. The van der Waals surface area contributed by atoms with Crippen molar-refractivity contribution >= 4 is 81.8 Å². The van der Waals surface area contributed by atoms with Gasteiger partial charge in [0, 0.05) is 62.3 Å². The fourth-order valence-electron chi connectivity index (χ4n) is 8.60. The van der Waals surface area contributed by atoms with Crippen molar-refractivity contribution in [2.24, 2.45) is 23.1 Å². The summed E-state index contributed by atoms with van der Waals surface area (Å²) in [5, 5.41) is 30.7. The zero-order chi connectivity index (χ0) is 54.9. The number of aromatic nitrogens is 1. The van der Waals surface area contributed by atoms with Crippen LogP contribution in [-0.2, 0) is 70.4 Å². The van der Waals surface area contributed by atoms with Crippen molar-refractivity contribution in [1.82, 2.24) is 52.4 Å². The molecule has 12 amide bonds. The van der Waals surface area contributed by atoms with E-state index in [1.54, 1.807) is 38.2 Å². The van der Waals surface area contributed by atoms with Gasteiger partial charge in [-0.1, -0.05) is 50.6 Å². The fraction of sp³-hybridized carbons (Fsp3) is 0.469. The third-order valence-electron chi connectivity index (χ3n) is 12.9. The monoisotopic (exact) mass is 1040 g/mol. The molecule has 3 heterocycles. The van der Waals surface area contributed by atoms with Crippen LogP contribution in [-0.4, -0.2) is 148 Å². The Morgan fingerprint density at radius 1 is 0.773 bits per heavy atom. The van der Waals surface area contributed by atoms with Crippen LogP contribution in [0.4, 0.5) is 0 Å². The van der Waals surface area contributed by atoms with Gasteiger partial charge in [0.15, 0.2) is 0 Å². The van der Waals surface area contributed by atoms with Gasteiger partial charge < -0.3 is 74.7 Å². The number of amides is 12. The molecule has 2 aliphatic heterocycles. The van der Waals surface area contributed by atoms with Gasteiger partial charge in [-0.25, -0.2) is 0 Å².